The quantitative estimate of drug-likeness (QED) is 0.669. The average molecular weight is 180 g/mol. The largest absolute Gasteiger partial charge is 0.310 e. The number of hydrogen-bond acceptors (Lipinski definition) is 3. The van der Waals surface area contributed by atoms with E-state index in [1.54, 1.807) is 18.3 Å². The van der Waals surface area contributed by atoms with Crippen LogP contribution in [-0.2, 0) is 0 Å². The van der Waals surface area contributed by atoms with Gasteiger partial charge in [0.05, 0.1) is 10.9 Å². The maximum Gasteiger partial charge on any atom is 0.259 e. The number of nitrogens with zero attached hydrogens (tertiary/aromatic N) is 1. The molecule has 0 spiro atoms. The zero-order valence-electron chi connectivity index (χ0n) is 6.84. The van der Waals surface area contributed by atoms with Crippen LogP contribution in [0.2, 0.25) is 0 Å². The molecule has 0 radical (unpaired) electrons. The fraction of sp³-hybridized carbons (Fsp3) is 0.250. The molecule has 0 unspecified atom stereocenters. The average Bonchev–Trinajstić information content (AvgIpc) is 2.31. The summed E-state index contributed by atoms with van der Waals surface area (Å²) in [6, 6.07) is 0. The SMILES string of the molecule is Cc1nc2csc(C)c2c(=O)[nH]1. The van der Waals surface area contributed by atoms with Crippen molar-refractivity contribution in [2.45, 2.75) is 13.8 Å². The molecule has 2 aromatic rings. The van der Waals surface area contributed by atoms with Crippen molar-refractivity contribution in [1.82, 2.24) is 9.97 Å². The van der Waals surface area contributed by atoms with E-state index in [1.165, 1.54) is 0 Å². The van der Waals surface area contributed by atoms with Crippen molar-refractivity contribution in [2.24, 2.45) is 0 Å². The molecule has 0 aliphatic heterocycles. The summed E-state index contributed by atoms with van der Waals surface area (Å²) < 4.78 is 0. The highest BCUT2D eigenvalue weighted by Gasteiger charge is 2.05. The van der Waals surface area contributed by atoms with E-state index in [1.807, 2.05) is 12.3 Å². The highest BCUT2D eigenvalue weighted by Crippen LogP contribution is 2.18. The van der Waals surface area contributed by atoms with E-state index in [-0.39, 0.29) is 5.56 Å². The Bertz CT molecular complexity index is 483. The summed E-state index contributed by atoms with van der Waals surface area (Å²) in [5.41, 5.74) is 0.773. The van der Waals surface area contributed by atoms with Crippen LogP contribution < -0.4 is 5.56 Å². The maximum atomic E-state index is 11.4. The molecule has 12 heavy (non-hydrogen) atoms. The molecular weight excluding hydrogens is 172 g/mol. The predicted molar refractivity (Wildman–Crippen MR) is 49.7 cm³/mol. The molecule has 0 amide bonds. The van der Waals surface area contributed by atoms with Crippen molar-refractivity contribution >= 4 is 22.2 Å². The lowest BCUT2D eigenvalue weighted by molar-refractivity contribution is 1.06. The Labute approximate surface area is 73.1 Å². The monoisotopic (exact) mass is 180 g/mol. The van der Waals surface area contributed by atoms with Gasteiger partial charge < -0.3 is 4.98 Å². The first-order valence-electron chi connectivity index (χ1n) is 3.63. The maximum absolute atomic E-state index is 11.4. The number of aromatic amines is 1. The van der Waals surface area contributed by atoms with Gasteiger partial charge in [-0.3, -0.25) is 4.79 Å². The summed E-state index contributed by atoms with van der Waals surface area (Å²) in [5.74, 6) is 0.672. The first-order chi connectivity index (χ1) is 5.68. The van der Waals surface area contributed by atoms with Gasteiger partial charge >= 0.3 is 0 Å². The van der Waals surface area contributed by atoms with Gasteiger partial charge in [0, 0.05) is 10.3 Å². The molecule has 3 nitrogen and oxygen atoms in total. The summed E-state index contributed by atoms with van der Waals surface area (Å²) in [6.07, 6.45) is 0. The van der Waals surface area contributed by atoms with E-state index in [9.17, 15) is 4.79 Å². The van der Waals surface area contributed by atoms with E-state index >= 15 is 0 Å². The van der Waals surface area contributed by atoms with E-state index in [0.717, 1.165) is 15.8 Å². The van der Waals surface area contributed by atoms with Crippen molar-refractivity contribution in [2.75, 3.05) is 0 Å². The van der Waals surface area contributed by atoms with Gasteiger partial charge in [-0.25, -0.2) is 4.98 Å². The van der Waals surface area contributed by atoms with Crippen molar-refractivity contribution < 1.29 is 0 Å². The summed E-state index contributed by atoms with van der Waals surface area (Å²) >= 11 is 1.56. The number of nitrogens with one attached hydrogen (secondary N) is 1. The van der Waals surface area contributed by atoms with Crippen molar-refractivity contribution in [1.29, 1.82) is 0 Å². The summed E-state index contributed by atoms with van der Waals surface area (Å²) in [7, 11) is 0. The van der Waals surface area contributed by atoms with Crippen LogP contribution in [0.5, 0.6) is 0 Å². The number of aryl methyl sites for hydroxylation is 2. The Morgan fingerprint density at radius 3 is 3.00 bits per heavy atom. The molecule has 2 heterocycles. The first kappa shape index (κ1) is 7.49. The van der Waals surface area contributed by atoms with Crippen LogP contribution in [0, 0.1) is 13.8 Å². The minimum Gasteiger partial charge on any atom is -0.310 e. The fourth-order valence-corrected chi connectivity index (χ4v) is 2.01. The minimum absolute atomic E-state index is 0.0312. The molecule has 0 saturated heterocycles. The number of rotatable bonds is 0. The molecule has 0 saturated carbocycles. The second-order valence-electron chi connectivity index (χ2n) is 2.70. The fourth-order valence-electron chi connectivity index (χ4n) is 1.24. The van der Waals surface area contributed by atoms with Gasteiger partial charge in [-0.15, -0.1) is 11.3 Å². The van der Waals surface area contributed by atoms with Gasteiger partial charge in [0.25, 0.3) is 5.56 Å². The van der Waals surface area contributed by atoms with Crippen LogP contribution in [0.1, 0.15) is 10.7 Å². The smallest absolute Gasteiger partial charge is 0.259 e. The van der Waals surface area contributed by atoms with Gasteiger partial charge in [0.1, 0.15) is 5.82 Å². The molecule has 0 fully saturated rings. The van der Waals surface area contributed by atoms with E-state index < -0.39 is 0 Å². The summed E-state index contributed by atoms with van der Waals surface area (Å²) in [5, 5.41) is 2.64. The van der Waals surface area contributed by atoms with Crippen LogP contribution in [0.25, 0.3) is 10.9 Å². The van der Waals surface area contributed by atoms with Crippen LogP contribution in [-0.4, -0.2) is 9.97 Å². The van der Waals surface area contributed by atoms with Gasteiger partial charge in [0.15, 0.2) is 0 Å². The second-order valence-corrected chi connectivity index (χ2v) is 3.79. The lowest BCUT2D eigenvalue weighted by Gasteiger charge is -1.92. The Hall–Kier alpha value is -1.16. The molecule has 1 N–H and O–H groups in total. The van der Waals surface area contributed by atoms with Crippen molar-refractivity contribution in [3.05, 3.63) is 26.4 Å². The van der Waals surface area contributed by atoms with Gasteiger partial charge in [-0.05, 0) is 13.8 Å². The lowest BCUT2D eigenvalue weighted by atomic mass is 10.3. The lowest BCUT2D eigenvalue weighted by Crippen LogP contribution is -2.08. The number of H-pyrrole nitrogens is 1. The van der Waals surface area contributed by atoms with Crippen LogP contribution >= 0.6 is 11.3 Å². The van der Waals surface area contributed by atoms with Crippen LogP contribution in [0.3, 0.4) is 0 Å². The highest BCUT2D eigenvalue weighted by molar-refractivity contribution is 7.11. The first-order valence-corrected chi connectivity index (χ1v) is 4.51. The second kappa shape index (κ2) is 2.42. The van der Waals surface area contributed by atoms with Crippen molar-refractivity contribution in [3.8, 4) is 0 Å². The molecule has 4 heteroatoms. The molecule has 0 aliphatic carbocycles. The highest BCUT2D eigenvalue weighted by atomic mass is 32.1. The summed E-state index contributed by atoms with van der Waals surface area (Å²) in [6.45, 7) is 3.72. The van der Waals surface area contributed by atoms with Crippen molar-refractivity contribution in [3.63, 3.8) is 0 Å². The number of fused-ring (bicyclic) bond motifs is 1. The normalized spacial score (nSPS) is 10.8. The third-order valence-electron chi connectivity index (χ3n) is 1.77. The van der Waals surface area contributed by atoms with Gasteiger partial charge in [-0.2, -0.15) is 0 Å². The van der Waals surface area contributed by atoms with E-state index in [4.69, 9.17) is 0 Å². The molecule has 2 aromatic heterocycles. The Morgan fingerprint density at radius 2 is 2.25 bits per heavy atom. The van der Waals surface area contributed by atoms with Crippen LogP contribution in [0.4, 0.5) is 0 Å². The molecule has 0 aromatic carbocycles. The van der Waals surface area contributed by atoms with Crippen LogP contribution in [0.15, 0.2) is 10.2 Å². The number of thiophene rings is 1. The standard InChI is InChI=1S/C8H8N2OS/c1-4-7-6(3-12-4)9-5(2)10-8(7)11/h3H,1-2H3,(H,9,10,11). The molecule has 2 rings (SSSR count). The van der Waals surface area contributed by atoms with E-state index in [0.29, 0.717) is 5.82 Å². The zero-order valence-corrected chi connectivity index (χ0v) is 7.66. The molecule has 0 atom stereocenters. The molecular formula is C8H8N2OS. The molecule has 62 valence electrons. The Balaban J connectivity index is 3.03. The minimum atomic E-state index is -0.0312. The zero-order chi connectivity index (χ0) is 8.72. The van der Waals surface area contributed by atoms with Gasteiger partial charge in [0.2, 0.25) is 0 Å². The Kier molecular flexibility index (Phi) is 1.51. The topological polar surface area (TPSA) is 45.8 Å². The predicted octanol–water partition coefficient (Wildman–Crippen LogP) is 1.60. The third kappa shape index (κ3) is 0.956. The third-order valence-corrected chi connectivity index (χ3v) is 2.66. The molecule has 0 bridgehead atoms. The number of aromatic nitrogens is 2. The summed E-state index contributed by atoms with van der Waals surface area (Å²) in [4.78, 5) is 19.3. The number of hydrogen-bond donors (Lipinski definition) is 1. The van der Waals surface area contributed by atoms with Gasteiger partial charge in [-0.1, -0.05) is 0 Å². The Morgan fingerprint density at radius 1 is 1.50 bits per heavy atom. The molecule has 0 aliphatic rings. The van der Waals surface area contributed by atoms with E-state index in [2.05, 4.69) is 9.97 Å².